The minimum Gasteiger partial charge on any atom is -0.478 e. The van der Waals surface area contributed by atoms with Crippen LogP contribution in [0.15, 0.2) is 23.1 Å². The van der Waals surface area contributed by atoms with Gasteiger partial charge in [-0.1, -0.05) is 6.07 Å². The minimum absolute atomic E-state index is 0.00276. The van der Waals surface area contributed by atoms with Crippen molar-refractivity contribution in [3.05, 3.63) is 29.3 Å². The second kappa shape index (κ2) is 6.79. The summed E-state index contributed by atoms with van der Waals surface area (Å²) in [5, 5.41) is 11.0. The van der Waals surface area contributed by atoms with Crippen molar-refractivity contribution in [2.75, 3.05) is 12.9 Å². The number of aryl methyl sites for hydroxylation is 1. The van der Waals surface area contributed by atoms with E-state index in [1.165, 1.54) is 6.07 Å². The molecule has 0 unspecified atom stereocenters. The molecule has 0 bridgehead atoms. The largest absolute Gasteiger partial charge is 0.478 e. The van der Waals surface area contributed by atoms with Crippen LogP contribution in [0.3, 0.4) is 0 Å². The van der Waals surface area contributed by atoms with Gasteiger partial charge in [0.2, 0.25) is 5.91 Å². The van der Waals surface area contributed by atoms with E-state index in [0.717, 1.165) is 18.9 Å². The summed E-state index contributed by atoms with van der Waals surface area (Å²) in [6, 6.07) is 4.88. The number of imide groups is 1. The molecule has 1 aromatic carbocycles. The molecule has 19 heavy (non-hydrogen) atoms. The first kappa shape index (κ1) is 15.0. The zero-order chi connectivity index (χ0) is 14.4. The maximum absolute atomic E-state index is 11.3. The van der Waals surface area contributed by atoms with E-state index in [1.54, 1.807) is 19.1 Å². The average molecular weight is 283 g/mol. The summed E-state index contributed by atoms with van der Waals surface area (Å²) in [6.45, 7) is 1.70. The Morgan fingerprint density at radius 1 is 1.37 bits per heavy atom. The molecule has 0 saturated carbocycles. The maximum atomic E-state index is 11.3. The predicted molar refractivity (Wildman–Crippen MR) is 69.4 cm³/mol. The monoisotopic (exact) mass is 283 g/mol. The number of rotatable bonds is 4. The molecule has 0 aliphatic rings. The SMILES string of the molecule is COC(=O)NC(=O)CSc1ccc(C)c(C(=O)O)c1. The van der Waals surface area contributed by atoms with Crippen molar-refractivity contribution < 1.29 is 24.2 Å². The van der Waals surface area contributed by atoms with Crippen LogP contribution in [0.4, 0.5) is 4.79 Å². The number of methoxy groups -OCH3 is 1. The number of benzene rings is 1. The van der Waals surface area contributed by atoms with E-state index in [4.69, 9.17) is 5.11 Å². The Labute approximate surface area is 114 Å². The second-order valence-corrected chi connectivity index (χ2v) is 4.66. The molecule has 0 aromatic heterocycles. The van der Waals surface area contributed by atoms with E-state index >= 15 is 0 Å². The van der Waals surface area contributed by atoms with Crippen molar-refractivity contribution in [1.29, 1.82) is 0 Å². The van der Waals surface area contributed by atoms with Crippen molar-refractivity contribution in [3.8, 4) is 0 Å². The Bertz CT molecular complexity index is 515. The Hall–Kier alpha value is -2.02. The van der Waals surface area contributed by atoms with Gasteiger partial charge in [-0.3, -0.25) is 10.1 Å². The van der Waals surface area contributed by atoms with E-state index in [1.807, 2.05) is 5.32 Å². The van der Waals surface area contributed by atoms with Crippen LogP contribution in [0, 0.1) is 6.92 Å². The third-order valence-corrected chi connectivity index (χ3v) is 3.23. The molecular weight excluding hydrogens is 270 g/mol. The van der Waals surface area contributed by atoms with Gasteiger partial charge >= 0.3 is 12.1 Å². The predicted octanol–water partition coefficient (Wildman–Crippen LogP) is 1.67. The zero-order valence-corrected chi connectivity index (χ0v) is 11.2. The molecule has 6 nitrogen and oxygen atoms in total. The lowest BCUT2D eigenvalue weighted by Crippen LogP contribution is -2.31. The lowest BCUT2D eigenvalue weighted by Gasteiger charge is -2.05. The van der Waals surface area contributed by atoms with Gasteiger partial charge in [0.05, 0.1) is 18.4 Å². The number of hydrogen-bond donors (Lipinski definition) is 2. The second-order valence-electron chi connectivity index (χ2n) is 3.61. The van der Waals surface area contributed by atoms with Gasteiger partial charge in [-0.15, -0.1) is 11.8 Å². The van der Waals surface area contributed by atoms with Crippen LogP contribution in [-0.2, 0) is 9.53 Å². The molecule has 0 aliphatic heterocycles. The van der Waals surface area contributed by atoms with Crippen molar-refractivity contribution in [3.63, 3.8) is 0 Å². The first-order valence-corrected chi connectivity index (χ1v) is 6.27. The van der Waals surface area contributed by atoms with Crippen molar-refractivity contribution in [2.45, 2.75) is 11.8 Å². The molecule has 0 spiro atoms. The number of carbonyl (C=O) groups excluding carboxylic acids is 2. The molecule has 0 atom stereocenters. The molecule has 0 radical (unpaired) electrons. The molecule has 1 aromatic rings. The Balaban J connectivity index is 2.63. The van der Waals surface area contributed by atoms with E-state index in [2.05, 4.69) is 4.74 Å². The molecular formula is C12H13NO5S. The van der Waals surface area contributed by atoms with Crippen LogP contribution in [0.5, 0.6) is 0 Å². The van der Waals surface area contributed by atoms with Crippen LogP contribution < -0.4 is 5.32 Å². The maximum Gasteiger partial charge on any atom is 0.413 e. The number of hydrogen-bond acceptors (Lipinski definition) is 5. The van der Waals surface area contributed by atoms with E-state index in [9.17, 15) is 14.4 Å². The molecule has 2 amide bonds. The third-order valence-electron chi connectivity index (χ3n) is 2.24. The van der Waals surface area contributed by atoms with Crippen LogP contribution in [0.25, 0.3) is 0 Å². The highest BCUT2D eigenvalue weighted by Gasteiger charge is 2.11. The molecule has 0 fully saturated rings. The van der Waals surface area contributed by atoms with Crippen LogP contribution in [0.2, 0.25) is 0 Å². The summed E-state index contributed by atoms with van der Waals surface area (Å²) in [5.41, 5.74) is 0.842. The van der Waals surface area contributed by atoms with Gasteiger partial charge in [0.1, 0.15) is 0 Å². The van der Waals surface area contributed by atoms with E-state index in [0.29, 0.717) is 10.5 Å². The summed E-state index contributed by atoms with van der Waals surface area (Å²) in [6.07, 6.45) is -0.819. The topological polar surface area (TPSA) is 92.7 Å². The number of carbonyl (C=O) groups is 3. The number of ether oxygens (including phenoxy) is 1. The van der Waals surface area contributed by atoms with Crippen molar-refractivity contribution in [1.82, 2.24) is 5.32 Å². The molecule has 2 N–H and O–H groups in total. The number of aromatic carboxylic acids is 1. The summed E-state index contributed by atoms with van der Waals surface area (Å²) < 4.78 is 4.28. The van der Waals surface area contributed by atoms with Crippen molar-refractivity contribution >= 4 is 29.7 Å². The zero-order valence-electron chi connectivity index (χ0n) is 10.4. The minimum atomic E-state index is -1.01. The molecule has 7 heteroatoms. The molecule has 0 saturated heterocycles. The fraction of sp³-hybridized carbons (Fsp3) is 0.250. The summed E-state index contributed by atoms with van der Waals surface area (Å²) in [7, 11) is 1.16. The number of carboxylic acids is 1. The smallest absolute Gasteiger partial charge is 0.413 e. The lowest BCUT2D eigenvalue weighted by molar-refractivity contribution is -0.117. The summed E-state index contributed by atoms with van der Waals surface area (Å²) in [5.74, 6) is -1.52. The highest BCUT2D eigenvalue weighted by atomic mass is 32.2. The standard InChI is InChI=1S/C12H13NO5S/c1-7-3-4-8(5-9(7)11(15)16)19-6-10(14)13-12(17)18-2/h3-5H,6H2,1-2H3,(H,15,16)(H,13,14,17). The van der Waals surface area contributed by atoms with Crippen molar-refractivity contribution in [2.24, 2.45) is 0 Å². The fourth-order valence-corrected chi connectivity index (χ4v) is 2.01. The fourth-order valence-electron chi connectivity index (χ4n) is 1.27. The average Bonchev–Trinajstić information content (AvgIpc) is 2.37. The van der Waals surface area contributed by atoms with Crippen LogP contribution >= 0.6 is 11.8 Å². The highest BCUT2D eigenvalue weighted by molar-refractivity contribution is 8.00. The van der Waals surface area contributed by atoms with Gasteiger partial charge in [0.25, 0.3) is 0 Å². The summed E-state index contributed by atoms with van der Waals surface area (Å²) in [4.78, 5) is 33.7. The van der Waals surface area contributed by atoms with Crippen LogP contribution in [-0.4, -0.2) is 35.9 Å². The van der Waals surface area contributed by atoms with Gasteiger partial charge < -0.3 is 9.84 Å². The molecule has 1 rings (SSSR count). The van der Waals surface area contributed by atoms with Gasteiger partial charge in [-0.05, 0) is 24.6 Å². The number of alkyl carbamates (subject to hydrolysis) is 1. The van der Waals surface area contributed by atoms with Gasteiger partial charge in [0.15, 0.2) is 0 Å². The molecule has 0 aliphatic carbocycles. The highest BCUT2D eigenvalue weighted by Crippen LogP contribution is 2.21. The van der Waals surface area contributed by atoms with Gasteiger partial charge in [-0.25, -0.2) is 9.59 Å². The normalized spacial score (nSPS) is 9.79. The third kappa shape index (κ3) is 4.63. The Morgan fingerprint density at radius 3 is 2.63 bits per heavy atom. The number of amides is 2. The van der Waals surface area contributed by atoms with Gasteiger partial charge in [0, 0.05) is 4.90 Å². The quantitative estimate of drug-likeness (QED) is 0.816. The first-order valence-electron chi connectivity index (χ1n) is 5.28. The number of nitrogens with one attached hydrogen (secondary N) is 1. The van der Waals surface area contributed by atoms with E-state index < -0.39 is 18.0 Å². The lowest BCUT2D eigenvalue weighted by atomic mass is 10.1. The van der Waals surface area contributed by atoms with E-state index in [-0.39, 0.29) is 11.3 Å². The van der Waals surface area contributed by atoms with Gasteiger partial charge in [-0.2, -0.15) is 0 Å². The molecule has 0 heterocycles. The number of thioether (sulfide) groups is 1. The first-order chi connectivity index (χ1) is 8.93. The molecule has 102 valence electrons. The Kier molecular flexibility index (Phi) is 5.37. The summed E-state index contributed by atoms with van der Waals surface area (Å²) >= 11 is 1.14. The van der Waals surface area contributed by atoms with Crippen LogP contribution in [0.1, 0.15) is 15.9 Å². The Morgan fingerprint density at radius 2 is 2.05 bits per heavy atom. The number of carboxylic acid groups (broad SMARTS) is 1.